The largest absolute Gasteiger partial charge is 0.507 e. The smallest absolute Gasteiger partial charge is 0.193 e. The highest BCUT2D eigenvalue weighted by molar-refractivity contribution is 6.10. The molecule has 0 heterocycles. The molecule has 0 aliphatic heterocycles. The van der Waals surface area contributed by atoms with Crippen LogP contribution in [0.4, 0.5) is 0 Å². The van der Waals surface area contributed by atoms with Crippen LogP contribution in [0.2, 0.25) is 0 Å². The lowest BCUT2D eigenvalue weighted by molar-refractivity contribution is 0.104. The van der Waals surface area contributed by atoms with E-state index in [-0.39, 0.29) is 17.1 Å². The van der Waals surface area contributed by atoms with Gasteiger partial charge < -0.3 is 14.6 Å². The molecule has 2 rings (SSSR count). The Bertz CT molecular complexity index is 979. The Hall–Kier alpha value is -3.79. The van der Waals surface area contributed by atoms with Crippen molar-refractivity contribution < 1.29 is 19.4 Å². The number of phenolic OH excluding ortho intramolecular Hbond substituents is 1. The number of hydrogen-bond acceptors (Lipinski definition) is 4. The summed E-state index contributed by atoms with van der Waals surface area (Å²) >= 11 is 0. The van der Waals surface area contributed by atoms with E-state index in [0.717, 1.165) is 16.7 Å². The van der Waals surface area contributed by atoms with Crippen LogP contribution in [0.3, 0.4) is 0 Å². The molecule has 2 aromatic rings. The molecule has 0 bridgehead atoms. The molecule has 0 unspecified atom stereocenters. The van der Waals surface area contributed by atoms with Gasteiger partial charge in [-0.3, -0.25) is 4.79 Å². The van der Waals surface area contributed by atoms with Crippen LogP contribution in [-0.4, -0.2) is 10.9 Å². The van der Waals surface area contributed by atoms with Gasteiger partial charge in [0.1, 0.15) is 22.8 Å². The molecule has 29 heavy (non-hydrogen) atoms. The lowest BCUT2D eigenvalue weighted by Crippen LogP contribution is -2.00. The molecule has 0 aliphatic carbocycles. The van der Waals surface area contributed by atoms with Crippen molar-refractivity contribution in [3.05, 3.63) is 109 Å². The molecule has 0 fully saturated rings. The fraction of sp³-hybridized carbons (Fsp3) is 0.0800. The summed E-state index contributed by atoms with van der Waals surface area (Å²) in [5, 5.41) is 10.5. The van der Waals surface area contributed by atoms with E-state index < -0.39 is 5.78 Å². The number of benzene rings is 2. The van der Waals surface area contributed by atoms with E-state index >= 15 is 0 Å². The van der Waals surface area contributed by atoms with Crippen molar-refractivity contribution in [3.8, 4) is 17.2 Å². The van der Waals surface area contributed by atoms with Crippen molar-refractivity contribution >= 4 is 11.9 Å². The van der Waals surface area contributed by atoms with E-state index in [4.69, 9.17) is 9.47 Å². The third-order valence-electron chi connectivity index (χ3n) is 3.63. The summed E-state index contributed by atoms with van der Waals surface area (Å²) < 4.78 is 11.1. The van der Waals surface area contributed by atoms with E-state index in [9.17, 15) is 9.90 Å². The van der Waals surface area contributed by atoms with Crippen molar-refractivity contribution in [2.45, 2.75) is 13.8 Å². The first kappa shape index (κ1) is 21.5. The number of carbonyl (C=O) groups excluding carboxylic acids is 1. The zero-order valence-corrected chi connectivity index (χ0v) is 16.6. The van der Waals surface area contributed by atoms with Gasteiger partial charge in [0.05, 0.1) is 12.5 Å². The van der Waals surface area contributed by atoms with Crippen LogP contribution in [0, 0.1) is 0 Å². The maximum absolute atomic E-state index is 12.7. The summed E-state index contributed by atoms with van der Waals surface area (Å²) in [5.74, 6) is -0.145. The van der Waals surface area contributed by atoms with Crippen molar-refractivity contribution in [3.63, 3.8) is 0 Å². The summed E-state index contributed by atoms with van der Waals surface area (Å²) in [7, 11) is 0. The van der Waals surface area contributed by atoms with Gasteiger partial charge in [0.2, 0.25) is 0 Å². The summed E-state index contributed by atoms with van der Waals surface area (Å²) in [6, 6.07) is 12.3. The topological polar surface area (TPSA) is 55.8 Å². The number of rotatable bonds is 9. The average molecular weight is 388 g/mol. The summed E-state index contributed by atoms with van der Waals surface area (Å²) in [6.45, 7) is 11.2. The van der Waals surface area contributed by atoms with Crippen LogP contribution in [0.5, 0.6) is 17.2 Å². The first-order valence-corrected chi connectivity index (χ1v) is 8.98. The fourth-order valence-electron chi connectivity index (χ4n) is 2.26. The van der Waals surface area contributed by atoms with Gasteiger partial charge in [-0.2, -0.15) is 0 Å². The molecular formula is C25H24O4. The Morgan fingerprint density at radius 1 is 0.931 bits per heavy atom. The van der Waals surface area contributed by atoms with E-state index in [0.29, 0.717) is 5.75 Å². The molecular weight excluding hydrogens is 364 g/mol. The van der Waals surface area contributed by atoms with Crippen molar-refractivity contribution in [1.29, 1.82) is 0 Å². The third kappa shape index (κ3) is 7.03. The molecule has 0 aliphatic rings. The molecule has 0 aromatic heterocycles. The zero-order valence-electron chi connectivity index (χ0n) is 16.6. The van der Waals surface area contributed by atoms with Gasteiger partial charge in [0.25, 0.3) is 0 Å². The second-order valence-electron chi connectivity index (χ2n) is 6.46. The standard InChI is InChI=1S/C25H24O4/c1-18(2)12-14-28-21-16-23(27)25(24(17-21)29-15-13-19(3)4)22(26)11-10-20-8-6-5-7-9-20/h5-17,27H,1,3H2,2,4H3. The van der Waals surface area contributed by atoms with Gasteiger partial charge in [0, 0.05) is 12.1 Å². The summed E-state index contributed by atoms with van der Waals surface area (Å²) in [4.78, 5) is 12.7. The van der Waals surface area contributed by atoms with Crippen LogP contribution in [0.25, 0.3) is 6.08 Å². The van der Waals surface area contributed by atoms with Gasteiger partial charge in [-0.05, 0) is 37.6 Å². The minimum Gasteiger partial charge on any atom is -0.507 e. The molecule has 4 nitrogen and oxygen atoms in total. The molecule has 148 valence electrons. The van der Waals surface area contributed by atoms with Crippen molar-refractivity contribution in [2.24, 2.45) is 0 Å². The maximum atomic E-state index is 12.7. The van der Waals surface area contributed by atoms with Crippen LogP contribution in [0.15, 0.2) is 97.5 Å². The number of carbonyl (C=O) groups is 1. The number of aromatic hydroxyl groups is 1. The lowest BCUT2D eigenvalue weighted by Gasteiger charge is -2.11. The van der Waals surface area contributed by atoms with E-state index in [1.165, 1.54) is 30.7 Å². The highest BCUT2D eigenvalue weighted by Crippen LogP contribution is 2.34. The van der Waals surface area contributed by atoms with Crippen LogP contribution >= 0.6 is 0 Å². The monoisotopic (exact) mass is 388 g/mol. The van der Waals surface area contributed by atoms with Gasteiger partial charge >= 0.3 is 0 Å². The Kier molecular flexibility index (Phi) is 7.80. The normalized spacial score (nSPS) is 11.2. The highest BCUT2D eigenvalue weighted by atomic mass is 16.5. The maximum Gasteiger partial charge on any atom is 0.193 e. The second-order valence-corrected chi connectivity index (χ2v) is 6.46. The van der Waals surface area contributed by atoms with E-state index in [1.54, 1.807) is 18.2 Å². The summed E-state index contributed by atoms with van der Waals surface area (Å²) in [6.07, 6.45) is 9.25. The number of ether oxygens (including phenoxy) is 2. The Balaban J connectivity index is 2.36. The van der Waals surface area contributed by atoms with Crippen molar-refractivity contribution in [2.75, 3.05) is 0 Å². The Labute approximate surface area is 171 Å². The van der Waals surface area contributed by atoms with Gasteiger partial charge in [-0.1, -0.05) is 60.7 Å². The Morgan fingerprint density at radius 3 is 2.17 bits per heavy atom. The third-order valence-corrected chi connectivity index (χ3v) is 3.63. The molecule has 0 saturated carbocycles. The van der Waals surface area contributed by atoms with Gasteiger partial charge in [-0.25, -0.2) is 0 Å². The van der Waals surface area contributed by atoms with Gasteiger partial charge in [0.15, 0.2) is 5.78 Å². The highest BCUT2D eigenvalue weighted by Gasteiger charge is 2.18. The lowest BCUT2D eigenvalue weighted by atomic mass is 10.1. The fourth-order valence-corrected chi connectivity index (χ4v) is 2.26. The minimum absolute atomic E-state index is 0.0415. The van der Waals surface area contributed by atoms with E-state index in [1.807, 2.05) is 44.2 Å². The summed E-state index contributed by atoms with van der Waals surface area (Å²) in [5.41, 5.74) is 2.51. The SMILES string of the molecule is C=C(C)C=COc1cc(O)c(C(=O)C=Cc2ccccc2)c(OC=CC(=C)C)c1. The minimum atomic E-state index is -0.394. The average Bonchev–Trinajstić information content (AvgIpc) is 2.66. The van der Waals surface area contributed by atoms with Crippen LogP contribution in [0.1, 0.15) is 29.8 Å². The van der Waals surface area contributed by atoms with Crippen LogP contribution < -0.4 is 9.47 Å². The quantitative estimate of drug-likeness (QED) is 0.240. The number of allylic oxidation sites excluding steroid dienone is 5. The molecule has 0 amide bonds. The van der Waals surface area contributed by atoms with E-state index in [2.05, 4.69) is 13.2 Å². The number of phenols is 1. The predicted octanol–water partition coefficient (Wildman–Crippen LogP) is 6.23. The Morgan fingerprint density at radius 2 is 1.55 bits per heavy atom. The molecule has 0 radical (unpaired) electrons. The molecule has 0 saturated heterocycles. The first-order chi connectivity index (χ1) is 13.9. The predicted molar refractivity (Wildman–Crippen MR) is 117 cm³/mol. The van der Waals surface area contributed by atoms with Crippen LogP contribution in [-0.2, 0) is 0 Å². The molecule has 4 heteroatoms. The first-order valence-electron chi connectivity index (χ1n) is 8.98. The number of ketones is 1. The second kappa shape index (κ2) is 10.5. The zero-order chi connectivity index (χ0) is 21.2. The molecule has 1 N–H and O–H groups in total. The molecule has 0 atom stereocenters. The number of hydrogen-bond donors (Lipinski definition) is 1. The van der Waals surface area contributed by atoms with Gasteiger partial charge in [-0.15, -0.1) is 0 Å². The van der Waals surface area contributed by atoms with Crippen molar-refractivity contribution in [1.82, 2.24) is 0 Å². The molecule has 2 aromatic carbocycles. The molecule has 0 spiro atoms.